The summed E-state index contributed by atoms with van der Waals surface area (Å²) in [7, 11) is 3.39. The van der Waals surface area contributed by atoms with Crippen LogP contribution in [0.2, 0.25) is 5.15 Å². The summed E-state index contributed by atoms with van der Waals surface area (Å²) in [6.45, 7) is 1.75. The van der Waals surface area contributed by atoms with Gasteiger partial charge in [-0.15, -0.1) is 0 Å². The Kier molecular flexibility index (Phi) is 3.95. The van der Waals surface area contributed by atoms with Crippen LogP contribution in [0.1, 0.15) is 6.92 Å². The fraction of sp³-hybridized carbons (Fsp3) is 0.400. The van der Waals surface area contributed by atoms with Crippen molar-refractivity contribution in [2.24, 2.45) is 0 Å². The van der Waals surface area contributed by atoms with E-state index in [9.17, 15) is 4.79 Å². The van der Waals surface area contributed by atoms with Crippen LogP contribution >= 0.6 is 11.6 Å². The number of anilines is 2. The number of hydrogen-bond acceptors (Lipinski definition) is 4. The van der Waals surface area contributed by atoms with E-state index in [0.29, 0.717) is 16.7 Å². The monoisotopic (exact) mass is 242 g/mol. The maximum Gasteiger partial charge on any atom is 0.244 e. The second kappa shape index (κ2) is 5.03. The molecule has 0 fully saturated rings. The van der Waals surface area contributed by atoms with Crippen LogP contribution in [0, 0.1) is 0 Å². The highest BCUT2D eigenvalue weighted by atomic mass is 35.5. The van der Waals surface area contributed by atoms with Gasteiger partial charge >= 0.3 is 0 Å². The fourth-order valence-electron chi connectivity index (χ4n) is 1.26. The fourth-order valence-corrected chi connectivity index (χ4v) is 1.48. The first-order valence-electron chi connectivity index (χ1n) is 4.81. The van der Waals surface area contributed by atoms with Crippen LogP contribution < -0.4 is 11.1 Å². The van der Waals surface area contributed by atoms with E-state index in [1.165, 1.54) is 4.90 Å². The van der Waals surface area contributed by atoms with Crippen LogP contribution in [-0.2, 0) is 4.79 Å². The second-order valence-corrected chi connectivity index (χ2v) is 4.09. The van der Waals surface area contributed by atoms with Gasteiger partial charge in [0.25, 0.3) is 0 Å². The maximum atomic E-state index is 11.6. The lowest BCUT2D eigenvalue weighted by Gasteiger charge is -2.18. The number of carbonyl (C=O) groups is 1. The van der Waals surface area contributed by atoms with Gasteiger partial charge in [-0.05, 0) is 13.0 Å². The van der Waals surface area contributed by atoms with E-state index < -0.39 is 0 Å². The van der Waals surface area contributed by atoms with E-state index in [-0.39, 0.29) is 11.9 Å². The number of halogens is 1. The Labute approximate surface area is 99.6 Å². The quantitative estimate of drug-likeness (QED) is 0.782. The van der Waals surface area contributed by atoms with Crippen molar-refractivity contribution < 1.29 is 4.79 Å². The molecule has 3 N–H and O–H groups in total. The number of rotatable bonds is 3. The Morgan fingerprint density at radius 3 is 2.69 bits per heavy atom. The van der Waals surface area contributed by atoms with Gasteiger partial charge < -0.3 is 16.0 Å². The van der Waals surface area contributed by atoms with Crippen LogP contribution in [-0.4, -0.2) is 35.9 Å². The molecule has 0 aliphatic carbocycles. The van der Waals surface area contributed by atoms with Gasteiger partial charge in [0, 0.05) is 25.8 Å². The molecule has 1 atom stereocenters. The Morgan fingerprint density at radius 2 is 2.19 bits per heavy atom. The van der Waals surface area contributed by atoms with Crippen molar-refractivity contribution in [3.63, 3.8) is 0 Å². The molecule has 0 aliphatic rings. The Balaban J connectivity index is 2.76. The van der Waals surface area contributed by atoms with Crippen LogP contribution in [0.5, 0.6) is 0 Å². The normalized spacial score (nSPS) is 12.0. The molecule has 5 nitrogen and oxygen atoms in total. The molecule has 1 rings (SSSR count). The van der Waals surface area contributed by atoms with Crippen molar-refractivity contribution in [3.05, 3.63) is 17.3 Å². The smallest absolute Gasteiger partial charge is 0.244 e. The minimum absolute atomic E-state index is 0.0413. The van der Waals surface area contributed by atoms with Gasteiger partial charge in [-0.2, -0.15) is 0 Å². The largest absolute Gasteiger partial charge is 0.399 e. The highest BCUT2D eigenvalue weighted by Gasteiger charge is 2.15. The minimum Gasteiger partial charge on any atom is -0.399 e. The van der Waals surface area contributed by atoms with Gasteiger partial charge in [0.2, 0.25) is 5.91 Å². The van der Waals surface area contributed by atoms with Gasteiger partial charge in [-0.3, -0.25) is 4.79 Å². The molecular formula is C10H15ClN4O. The number of carbonyl (C=O) groups excluding carboxylic acids is 1. The molecule has 1 aromatic heterocycles. The SMILES string of the molecule is CC(Nc1cc(N)cc(Cl)n1)C(=O)N(C)C. The molecule has 0 radical (unpaired) electrons. The van der Waals surface area contributed by atoms with E-state index in [4.69, 9.17) is 17.3 Å². The number of aromatic nitrogens is 1. The summed E-state index contributed by atoms with van der Waals surface area (Å²) >= 11 is 5.75. The summed E-state index contributed by atoms with van der Waals surface area (Å²) < 4.78 is 0. The summed E-state index contributed by atoms with van der Waals surface area (Å²) in [6.07, 6.45) is 0. The van der Waals surface area contributed by atoms with Gasteiger partial charge in [-0.1, -0.05) is 11.6 Å². The third-order valence-corrected chi connectivity index (χ3v) is 2.19. The van der Waals surface area contributed by atoms with E-state index in [2.05, 4.69) is 10.3 Å². The first kappa shape index (κ1) is 12.6. The Bertz CT molecular complexity index is 374. The summed E-state index contributed by atoms with van der Waals surface area (Å²) in [6, 6.07) is 2.80. The predicted molar refractivity (Wildman–Crippen MR) is 65.4 cm³/mol. The third kappa shape index (κ3) is 3.27. The van der Waals surface area contributed by atoms with Crippen molar-refractivity contribution in [2.45, 2.75) is 13.0 Å². The van der Waals surface area contributed by atoms with Crippen LogP contribution in [0.3, 0.4) is 0 Å². The van der Waals surface area contributed by atoms with Crippen molar-refractivity contribution in [1.82, 2.24) is 9.88 Å². The number of likely N-dealkylation sites (N-methyl/N-ethyl adjacent to an activating group) is 1. The van der Waals surface area contributed by atoms with Crippen molar-refractivity contribution in [3.8, 4) is 0 Å². The topological polar surface area (TPSA) is 71.2 Å². The molecule has 88 valence electrons. The predicted octanol–water partition coefficient (Wildman–Crippen LogP) is 1.21. The number of nitrogens with one attached hydrogen (secondary N) is 1. The molecule has 0 aromatic carbocycles. The minimum atomic E-state index is -0.375. The number of nitrogens with zero attached hydrogens (tertiary/aromatic N) is 2. The molecule has 1 aromatic rings. The summed E-state index contributed by atoms with van der Waals surface area (Å²) in [4.78, 5) is 17.1. The Hall–Kier alpha value is -1.49. The molecule has 16 heavy (non-hydrogen) atoms. The van der Waals surface area contributed by atoms with E-state index >= 15 is 0 Å². The molecule has 0 saturated carbocycles. The number of hydrogen-bond donors (Lipinski definition) is 2. The number of nitrogens with two attached hydrogens (primary N) is 1. The van der Waals surface area contributed by atoms with Crippen LogP contribution in [0.4, 0.5) is 11.5 Å². The lowest BCUT2D eigenvalue weighted by Crippen LogP contribution is -2.36. The van der Waals surface area contributed by atoms with Crippen LogP contribution in [0.25, 0.3) is 0 Å². The van der Waals surface area contributed by atoms with Gasteiger partial charge in [-0.25, -0.2) is 4.98 Å². The zero-order chi connectivity index (χ0) is 12.3. The first-order valence-corrected chi connectivity index (χ1v) is 5.18. The maximum absolute atomic E-state index is 11.6. The molecule has 0 aliphatic heterocycles. The van der Waals surface area contributed by atoms with Gasteiger partial charge in [0.15, 0.2) is 0 Å². The molecule has 0 bridgehead atoms. The van der Waals surface area contributed by atoms with Crippen LogP contribution in [0.15, 0.2) is 12.1 Å². The Morgan fingerprint density at radius 1 is 1.56 bits per heavy atom. The average Bonchev–Trinajstić information content (AvgIpc) is 2.14. The van der Waals surface area contributed by atoms with E-state index in [1.54, 1.807) is 33.2 Å². The molecule has 1 amide bonds. The molecular weight excluding hydrogens is 228 g/mol. The first-order chi connectivity index (χ1) is 7.40. The lowest BCUT2D eigenvalue weighted by molar-refractivity contribution is -0.129. The van der Waals surface area contributed by atoms with Gasteiger partial charge in [0.05, 0.1) is 0 Å². The zero-order valence-corrected chi connectivity index (χ0v) is 10.2. The number of amides is 1. The van der Waals surface area contributed by atoms with E-state index in [1.807, 2.05) is 0 Å². The van der Waals surface area contributed by atoms with Crippen molar-refractivity contribution in [2.75, 3.05) is 25.1 Å². The number of pyridine rings is 1. The molecule has 0 spiro atoms. The molecule has 6 heteroatoms. The molecule has 0 saturated heterocycles. The van der Waals surface area contributed by atoms with Crippen molar-refractivity contribution >= 4 is 29.0 Å². The van der Waals surface area contributed by atoms with E-state index in [0.717, 1.165) is 0 Å². The molecule has 1 heterocycles. The van der Waals surface area contributed by atoms with Crippen molar-refractivity contribution in [1.29, 1.82) is 0 Å². The summed E-state index contributed by atoms with van der Waals surface area (Å²) in [5.74, 6) is 0.452. The summed E-state index contributed by atoms with van der Waals surface area (Å²) in [5.41, 5.74) is 6.12. The highest BCUT2D eigenvalue weighted by Crippen LogP contribution is 2.16. The number of nitrogen functional groups attached to an aromatic ring is 1. The second-order valence-electron chi connectivity index (χ2n) is 3.71. The molecule has 1 unspecified atom stereocenters. The average molecular weight is 243 g/mol. The lowest BCUT2D eigenvalue weighted by atomic mass is 10.3. The third-order valence-electron chi connectivity index (χ3n) is 1.99. The zero-order valence-electron chi connectivity index (χ0n) is 9.49. The summed E-state index contributed by atoms with van der Waals surface area (Å²) in [5, 5.41) is 3.24. The van der Waals surface area contributed by atoms with Gasteiger partial charge in [0.1, 0.15) is 17.0 Å². The highest BCUT2D eigenvalue weighted by molar-refractivity contribution is 6.29. The standard InChI is InChI=1S/C10H15ClN4O/c1-6(10(16)15(2)3)13-9-5-7(12)4-8(11)14-9/h4-6H,1-3H3,(H3,12,13,14).